The van der Waals surface area contributed by atoms with Gasteiger partial charge in [0.2, 0.25) is 10.0 Å². The molecule has 0 spiro atoms. The van der Waals surface area contributed by atoms with Gasteiger partial charge in [-0.25, -0.2) is 13.1 Å². The third kappa shape index (κ3) is 4.41. The summed E-state index contributed by atoms with van der Waals surface area (Å²) in [4.78, 5) is 22.8. The van der Waals surface area contributed by atoms with E-state index in [9.17, 15) is 23.3 Å². The van der Waals surface area contributed by atoms with Gasteiger partial charge in [-0.05, 0) is 43.2 Å². The quantitative estimate of drug-likeness (QED) is 0.551. The van der Waals surface area contributed by atoms with Crippen LogP contribution < -0.4 is 14.8 Å². The maximum atomic E-state index is 12.4. The number of amides is 1. The molecule has 0 atom stereocenters. The normalized spacial score (nSPS) is 13.8. The molecule has 2 aromatic rings. The molecule has 0 aliphatic heterocycles. The third-order valence-corrected chi connectivity index (χ3v) is 5.50. The standard InChI is InChI=1S/C17H17N3O6S/c1-26-16-9-6-13(20(22)23)10-15(16)18-17(21)11-2-7-14(8-3-11)27(24,25)19-12-4-5-12/h2-3,6-10,12,19H,4-5H2,1H3,(H,18,21). The van der Waals surface area contributed by atoms with Gasteiger partial charge < -0.3 is 10.1 Å². The van der Waals surface area contributed by atoms with Gasteiger partial charge >= 0.3 is 0 Å². The van der Waals surface area contributed by atoms with Gasteiger partial charge in [0.25, 0.3) is 11.6 Å². The number of methoxy groups -OCH3 is 1. The molecule has 27 heavy (non-hydrogen) atoms. The second-order valence-corrected chi connectivity index (χ2v) is 7.73. The molecule has 1 aliphatic carbocycles. The first kappa shape index (κ1) is 18.8. The summed E-state index contributed by atoms with van der Waals surface area (Å²) in [5, 5.41) is 13.4. The van der Waals surface area contributed by atoms with E-state index in [1.54, 1.807) is 0 Å². The van der Waals surface area contributed by atoms with E-state index in [0.717, 1.165) is 12.8 Å². The van der Waals surface area contributed by atoms with Crippen molar-refractivity contribution in [3.63, 3.8) is 0 Å². The van der Waals surface area contributed by atoms with Crippen LogP contribution >= 0.6 is 0 Å². The number of nitro groups is 1. The lowest BCUT2D eigenvalue weighted by atomic mass is 10.2. The average Bonchev–Trinajstić information content (AvgIpc) is 3.45. The Morgan fingerprint density at radius 2 is 1.85 bits per heavy atom. The maximum absolute atomic E-state index is 12.4. The van der Waals surface area contributed by atoms with E-state index in [4.69, 9.17) is 4.74 Å². The SMILES string of the molecule is COc1ccc([N+](=O)[O-])cc1NC(=O)c1ccc(S(=O)(=O)NC2CC2)cc1. The first-order chi connectivity index (χ1) is 12.8. The number of anilines is 1. The van der Waals surface area contributed by atoms with Crippen LogP contribution in [0.2, 0.25) is 0 Å². The topological polar surface area (TPSA) is 128 Å². The number of carbonyl (C=O) groups is 1. The number of ether oxygens (including phenoxy) is 1. The summed E-state index contributed by atoms with van der Waals surface area (Å²) in [6, 6.07) is 9.25. The molecular weight excluding hydrogens is 374 g/mol. The lowest BCUT2D eigenvalue weighted by molar-refractivity contribution is -0.384. The van der Waals surface area contributed by atoms with Crippen LogP contribution in [0, 0.1) is 10.1 Å². The van der Waals surface area contributed by atoms with Crippen molar-refractivity contribution >= 4 is 27.3 Å². The minimum atomic E-state index is -3.60. The predicted molar refractivity (Wildman–Crippen MR) is 97.4 cm³/mol. The zero-order chi connectivity index (χ0) is 19.6. The molecule has 0 saturated heterocycles. The fourth-order valence-electron chi connectivity index (χ4n) is 2.38. The molecule has 2 N–H and O–H groups in total. The maximum Gasteiger partial charge on any atom is 0.271 e. The Labute approximate surface area is 155 Å². The average molecular weight is 391 g/mol. The molecule has 1 saturated carbocycles. The highest BCUT2D eigenvalue weighted by Crippen LogP contribution is 2.29. The smallest absolute Gasteiger partial charge is 0.271 e. The van der Waals surface area contributed by atoms with Crippen LogP contribution in [-0.2, 0) is 10.0 Å². The van der Waals surface area contributed by atoms with Crippen molar-refractivity contribution < 1.29 is 22.9 Å². The van der Waals surface area contributed by atoms with Crippen molar-refractivity contribution in [2.24, 2.45) is 0 Å². The van der Waals surface area contributed by atoms with Crippen molar-refractivity contribution in [2.75, 3.05) is 12.4 Å². The number of rotatable bonds is 7. The summed E-state index contributed by atoms with van der Waals surface area (Å²) < 4.78 is 32.0. The van der Waals surface area contributed by atoms with Gasteiger partial charge in [0.05, 0.1) is 22.6 Å². The van der Waals surface area contributed by atoms with E-state index in [1.165, 1.54) is 49.6 Å². The van der Waals surface area contributed by atoms with Crippen LogP contribution in [0.5, 0.6) is 5.75 Å². The van der Waals surface area contributed by atoms with E-state index in [0.29, 0.717) is 0 Å². The summed E-state index contributed by atoms with van der Waals surface area (Å²) in [5.74, 6) is -0.283. The van der Waals surface area contributed by atoms with Gasteiger partial charge in [0.15, 0.2) is 0 Å². The third-order valence-electron chi connectivity index (χ3n) is 3.97. The molecule has 1 aliphatic rings. The highest BCUT2D eigenvalue weighted by Gasteiger charge is 2.28. The highest BCUT2D eigenvalue weighted by molar-refractivity contribution is 7.89. The van der Waals surface area contributed by atoms with Gasteiger partial charge in [-0.1, -0.05) is 0 Å². The number of carbonyl (C=O) groups excluding carboxylic acids is 1. The number of non-ortho nitro benzene ring substituents is 1. The van der Waals surface area contributed by atoms with Crippen molar-refractivity contribution in [1.82, 2.24) is 4.72 Å². The predicted octanol–water partition coefficient (Wildman–Crippen LogP) is 2.30. The van der Waals surface area contributed by atoms with Crippen LogP contribution in [-0.4, -0.2) is 32.4 Å². The van der Waals surface area contributed by atoms with E-state index in [-0.39, 0.29) is 33.6 Å². The molecule has 142 valence electrons. The number of hydrogen-bond donors (Lipinski definition) is 2. The van der Waals surface area contributed by atoms with Gasteiger partial charge in [-0.15, -0.1) is 0 Å². The molecule has 0 bridgehead atoms. The van der Waals surface area contributed by atoms with Gasteiger partial charge in [-0.2, -0.15) is 0 Å². The lowest BCUT2D eigenvalue weighted by Crippen LogP contribution is -2.25. The van der Waals surface area contributed by atoms with Crippen LogP contribution in [0.1, 0.15) is 23.2 Å². The molecule has 0 heterocycles. The summed E-state index contributed by atoms with van der Waals surface area (Å²) >= 11 is 0. The van der Waals surface area contributed by atoms with Crippen LogP contribution in [0.3, 0.4) is 0 Å². The number of nitro benzene ring substituents is 1. The monoisotopic (exact) mass is 391 g/mol. The Kier molecular flexibility index (Phi) is 5.10. The van der Waals surface area contributed by atoms with Crippen molar-refractivity contribution in [3.8, 4) is 5.75 Å². The summed E-state index contributed by atoms with van der Waals surface area (Å²) in [6.07, 6.45) is 1.65. The Bertz CT molecular complexity index is 984. The molecule has 9 nitrogen and oxygen atoms in total. The first-order valence-corrected chi connectivity index (χ1v) is 9.54. The second kappa shape index (κ2) is 7.33. The highest BCUT2D eigenvalue weighted by atomic mass is 32.2. The Hall–Kier alpha value is -2.98. The van der Waals surface area contributed by atoms with Crippen LogP contribution in [0.4, 0.5) is 11.4 Å². The Morgan fingerprint density at radius 1 is 1.19 bits per heavy atom. The van der Waals surface area contributed by atoms with Gasteiger partial charge in [0.1, 0.15) is 5.75 Å². The van der Waals surface area contributed by atoms with E-state index in [2.05, 4.69) is 10.0 Å². The van der Waals surface area contributed by atoms with E-state index >= 15 is 0 Å². The van der Waals surface area contributed by atoms with Crippen LogP contribution in [0.15, 0.2) is 47.4 Å². The number of nitrogens with one attached hydrogen (secondary N) is 2. The Morgan fingerprint density at radius 3 is 2.41 bits per heavy atom. The lowest BCUT2D eigenvalue weighted by Gasteiger charge is -2.10. The fraction of sp³-hybridized carbons (Fsp3) is 0.235. The molecule has 1 amide bonds. The molecule has 2 aromatic carbocycles. The molecule has 1 fully saturated rings. The van der Waals surface area contributed by atoms with Crippen LogP contribution in [0.25, 0.3) is 0 Å². The number of nitrogens with zero attached hydrogens (tertiary/aromatic N) is 1. The Balaban J connectivity index is 1.78. The molecule has 3 rings (SSSR count). The summed E-state index contributed by atoms with van der Waals surface area (Å²) in [6.45, 7) is 0. The zero-order valence-electron chi connectivity index (χ0n) is 14.3. The minimum Gasteiger partial charge on any atom is -0.495 e. The van der Waals surface area contributed by atoms with Crippen molar-refractivity contribution in [1.29, 1.82) is 0 Å². The molecule has 0 aromatic heterocycles. The zero-order valence-corrected chi connectivity index (χ0v) is 15.2. The first-order valence-electron chi connectivity index (χ1n) is 8.06. The minimum absolute atomic E-state index is 0.0145. The number of benzene rings is 2. The number of sulfonamides is 1. The molecule has 0 radical (unpaired) electrons. The summed E-state index contributed by atoms with van der Waals surface area (Å²) in [5.41, 5.74) is 0.149. The molecular formula is C17H17N3O6S. The molecule has 0 unspecified atom stereocenters. The van der Waals surface area contributed by atoms with E-state index in [1.807, 2.05) is 0 Å². The largest absolute Gasteiger partial charge is 0.495 e. The van der Waals surface area contributed by atoms with Crippen molar-refractivity contribution in [2.45, 2.75) is 23.8 Å². The van der Waals surface area contributed by atoms with Crippen molar-refractivity contribution in [3.05, 3.63) is 58.1 Å². The molecule has 10 heteroatoms. The van der Waals surface area contributed by atoms with Gasteiger partial charge in [-0.3, -0.25) is 14.9 Å². The van der Waals surface area contributed by atoms with Gasteiger partial charge in [0, 0.05) is 23.7 Å². The summed E-state index contributed by atoms with van der Waals surface area (Å²) in [7, 11) is -2.22. The number of hydrogen-bond acceptors (Lipinski definition) is 6. The van der Waals surface area contributed by atoms with E-state index < -0.39 is 20.9 Å². The fourth-order valence-corrected chi connectivity index (χ4v) is 3.68. The second-order valence-electron chi connectivity index (χ2n) is 6.02.